The van der Waals surface area contributed by atoms with Crippen molar-refractivity contribution in [3.05, 3.63) is 66.0 Å². The number of carbonyl (C=O) groups excluding carboxylic acids is 2. The maximum atomic E-state index is 13.6. The van der Waals surface area contributed by atoms with Crippen molar-refractivity contribution in [1.82, 2.24) is 19.7 Å². The highest BCUT2D eigenvalue weighted by Crippen LogP contribution is 2.38. The van der Waals surface area contributed by atoms with Gasteiger partial charge in [-0.1, -0.05) is 43.3 Å². The van der Waals surface area contributed by atoms with E-state index in [-0.39, 0.29) is 11.9 Å². The number of pyridine rings is 1. The number of urea groups is 1. The molecule has 4 rings (SSSR count). The lowest BCUT2D eigenvalue weighted by molar-refractivity contribution is -0.135. The first kappa shape index (κ1) is 21.5. The molecule has 31 heavy (non-hydrogen) atoms. The largest absolute Gasteiger partial charge is 0.327 e. The van der Waals surface area contributed by atoms with Crippen LogP contribution in [0.2, 0.25) is 0 Å². The standard InChI is InChI=1S/C25H32N4O2/c1-2-15-27-17-12-25(13-18-27)23(30)28(16-7-11-21-10-6-14-26-19-21)24(31)29(25)20-22-8-4-3-5-9-22/h3-6,8-10,14,19H,2,7,11-13,15-18,20H2,1H3. The van der Waals surface area contributed by atoms with E-state index in [4.69, 9.17) is 0 Å². The predicted molar refractivity (Wildman–Crippen MR) is 120 cm³/mol. The minimum atomic E-state index is -0.703. The zero-order valence-corrected chi connectivity index (χ0v) is 18.4. The van der Waals surface area contributed by atoms with Crippen LogP contribution in [0.4, 0.5) is 4.79 Å². The third-order valence-corrected chi connectivity index (χ3v) is 6.60. The first-order valence-corrected chi connectivity index (χ1v) is 11.4. The van der Waals surface area contributed by atoms with Gasteiger partial charge >= 0.3 is 6.03 Å². The molecular formula is C25H32N4O2. The molecule has 0 aliphatic carbocycles. The Balaban J connectivity index is 1.51. The van der Waals surface area contributed by atoms with Crippen LogP contribution >= 0.6 is 0 Å². The maximum Gasteiger partial charge on any atom is 0.327 e. The van der Waals surface area contributed by atoms with Crippen LogP contribution in [0, 0.1) is 0 Å². The molecule has 2 saturated heterocycles. The molecule has 3 heterocycles. The Bertz CT molecular complexity index is 879. The molecule has 0 bridgehead atoms. The van der Waals surface area contributed by atoms with Crippen molar-refractivity contribution in [2.24, 2.45) is 0 Å². The van der Waals surface area contributed by atoms with Crippen molar-refractivity contribution in [3.63, 3.8) is 0 Å². The molecule has 2 aromatic rings. The lowest BCUT2D eigenvalue weighted by Gasteiger charge is -2.42. The van der Waals surface area contributed by atoms with Crippen LogP contribution < -0.4 is 0 Å². The van der Waals surface area contributed by atoms with E-state index in [2.05, 4.69) is 16.8 Å². The molecule has 2 aliphatic heterocycles. The number of carbonyl (C=O) groups is 2. The molecule has 3 amide bonds. The van der Waals surface area contributed by atoms with Crippen molar-refractivity contribution in [3.8, 4) is 0 Å². The average molecular weight is 421 g/mol. The van der Waals surface area contributed by atoms with Gasteiger partial charge < -0.3 is 9.80 Å². The van der Waals surface area contributed by atoms with E-state index in [1.54, 1.807) is 6.20 Å². The van der Waals surface area contributed by atoms with Gasteiger partial charge in [0.25, 0.3) is 5.91 Å². The van der Waals surface area contributed by atoms with Gasteiger partial charge in [-0.2, -0.15) is 0 Å². The molecule has 6 nitrogen and oxygen atoms in total. The highest BCUT2D eigenvalue weighted by atomic mass is 16.2. The van der Waals surface area contributed by atoms with E-state index < -0.39 is 5.54 Å². The fraction of sp³-hybridized carbons (Fsp3) is 0.480. The summed E-state index contributed by atoms with van der Waals surface area (Å²) in [5, 5.41) is 0. The van der Waals surface area contributed by atoms with Crippen LogP contribution in [-0.4, -0.2) is 63.3 Å². The average Bonchev–Trinajstić information content (AvgIpc) is 2.99. The monoisotopic (exact) mass is 420 g/mol. The zero-order chi connectivity index (χ0) is 21.7. The Labute approximate surface area is 184 Å². The molecular weight excluding hydrogens is 388 g/mol. The predicted octanol–water partition coefficient (Wildman–Crippen LogP) is 3.72. The molecule has 0 atom stereocenters. The lowest BCUT2D eigenvalue weighted by atomic mass is 9.85. The number of likely N-dealkylation sites (tertiary alicyclic amines) is 1. The first-order chi connectivity index (χ1) is 15.1. The van der Waals surface area contributed by atoms with Gasteiger partial charge in [0.2, 0.25) is 0 Å². The fourth-order valence-corrected chi connectivity index (χ4v) is 4.90. The van der Waals surface area contributed by atoms with Crippen molar-refractivity contribution < 1.29 is 9.59 Å². The second-order valence-corrected chi connectivity index (χ2v) is 8.65. The van der Waals surface area contributed by atoms with Crippen LogP contribution in [0.3, 0.4) is 0 Å². The van der Waals surface area contributed by atoms with Crippen molar-refractivity contribution in [2.45, 2.75) is 51.1 Å². The summed E-state index contributed by atoms with van der Waals surface area (Å²) in [7, 11) is 0. The number of aromatic nitrogens is 1. The van der Waals surface area contributed by atoms with Gasteiger partial charge in [0.05, 0.1) is 0 Å². The van der Waals surface area contributed by atoms with Crippen LogP contribution in [0.1, 0.15) is 43.7 Å². The van der Waals surface area contributed by atoms with Gasteiger partial charge in [0, 0.05) is 38.6 Å². The fourth-order valence-electron chi connectivity index (χ4n) is 4.90. The molecule has 1 spiro atoms. The summed E-state index contributed by atoms with van der Waals surface area (Å²) in [4.78, 5) is 37.0. The molecule has 6 heteroatoms. The van der Waals surface area contributed by atoms with E-state index in [9.17, 15) is 9.59 Å². The number of hydrogen-bond donors (Lipinski definition) is 0. The summed E-state index contributed by atoms with van der Waals surface area (Å²) in [6.45, 7) is 5.89. The molecule has 0 unspecified atom stereocenters. The summed E-state index contributed by atoms with van der Waals surface area (Å²) in [6, 6.07) is 13.8. The van der Waals surface area contributed by atoms with E-state index in [1.807, 2.05) is 53.6 Å². The van der Waals surface area contributed by atoms with Gasteiger partial charge in [0.15, 0.2) is 0 Å². The van der Waals surface area contributed by atoms with Crippen LogP contribution in [0.25, 0.3) is 0 Å². The number of amides is 3. The van der Waals surface area contributed by atoms with Crippen LogP contribution in [0.15, 0.2) is 54.9 Å². The van der Waals surface area contributed by atoms with Gasteiger partial charge in [-0.25, -0.2) is 4.79 Å². The smallest absolute Gasteiger partial charge is 0.305 e. The van der Waals surface area contributed by atoms with Crippen LogP contribution in [0.5, 0.6) is 0 Å². The maximum absolute atomic E-state index is 13.6. The Kier molecular flexibility index (Phi) is 6.66. The van der Waals surface area contributed by atoms with Gasteiger partial charge in [-0.3, -0.25) is 14.7 Å². The molecule has 2 aliphatic rings. The molecule has 1 aromatic carbocycles. The number of piperidine rings is 1. The van der Waals surface area contributed by atoms with E-state index in [1.165, 1.54) is 4.90 Å². The molecule has 1 aromatic heterocycles. The minimum absolute atomic E-state index is 0.00392. The summed E-state index contributed by atoms with van der Waals surface area (Å²) < 4.78 is 0. The topological polar surface area (TPSA) is 56.8 Å². The number of hydrogen-bond acceptors (Lipinski definition) is 4. The number of benzene rings is 1. The zero-order valence-electron chi connectivity index (χ0n) is 18.4. The Morgan fingerprint density at radius 3 is 2.39 bits per heavy atom. The Morgan fingerprint density at radius 2 is 1.71 bits per heavy atom. The SMILES string of the molecule is CCCN1CCC2(CC1)C(=O)N(CCCc1cccnc1)C(=O)N2Cc1ccccc1. The molecule has 2 fully saturated rings. The number of rotatable bonds is 8. The minimum Gasteiger partial charge on any atom is -0.305 e. The van der Waals surface area contributed by atoms with Crippen molar-refractivity contribution in [1.29, 1.82) is 0 Å². The summed E-state index contributed by atoms with van der Waals surface area (Å²) >= 11 is 0. The van der Waals surface area contributed by atoms with Crippen molar-refractivity contribution in [2.75, 3.05) is 26.2 Å². The summed E-state index contributed by atoms with van der Waals surface area (Å²) in [5.74, 6) is -0.00392. The first-order valence-electron chi connectivity index (χ1n) is 11.4. The Morgan fingerprint density at radius 1 is 0.968 bits per heavy atom. The highest BCUT2D eigenvalue weighted by Gasteiger charge is 2.57. The van der Waals surface area contributed by atoms with Gasteiger partial charge in [0.1, 0.15) is 5.54 Å². The molecule has 164 valence electrons. The summed E-state index contributed by atoms with van der Waals surface area (Å²) in [6.07, 6.45) is 7.69. The summed E-state index contributed by atoms with van der Waals surface area (Å²) in [5.41, 5.74) is 1.49. The third kappa shape index (κ3) is 4.49. The second kappa shape index (κ2) is 9.60. The Hall–Kier alpha value is -2.73. The highest BCUT2D eigenvalue weighted by molar-refractivity contribution is 6.07. The van der Waals surface area contributed by atoms with E-state index in [0.717, 1.165) is 50.0 Å². The molecule has 0 saturated carbocycles. The number of imide groups is 1. The van der Waals surface area contributed by atoms with Gasteiger partial charge in [-0.05, 0) is 55.8 Å². The molecule has 0 radical (unpaired) electrons. The normalized spacial score (nSPS) is 18.9. The third-order valence-electron chi connectivity index (χ3n) is 6.60. The molecule has 0 N–H and O–H groups in total. The number of nitrogens with zero attached hydrogens (tertiary/aromatic N) is 4. The van der Waals surface area contributed by atoms with E-state index in [0.29, 0.717) is 25.9 Å². The lowest BCUT2D eigenvalue weighted by Crippen LogP contribution is -2.56. The van der Waals surface area contributed by atoms with Crippen molar-refractivity contribution >= 4 is 11.9 Å². The van der Waals surface area contributed by atoms with Crippen LogP contribution in [-0.2, 0) is 17.8 Å². The van der Waals surface area contributed by atoms with E-state index >= 15 is 0 Å². The number of aryl methyl sites for hydroxylation is 1. The quantitative estimate of drug-likeness (QED) is 0.611. The van der Waals surface area contributed by atoms with Gasteiger partial charge in [-0.15, -0.1) is 0 Å². The second-order valence-electron chi connectivity index (χ2n) is 8.65.